The first kappa shape index (κ1) is 22.8. The van der Waals surface area contributed by atoms with Crippen molar-refractivity contribution in [2.45, 2.75) is 42.6 Å². The van der Waals surface area contributed by atoms with Gasteiger partial charge in [0.05, 0.1) is 26.2 Å². The van der Waals surface area contributed by atoms with E-state index in [2.05, 4.69) is 9.71 Å². The van der Waals surface area contributed by atoms with Gasteiger partial charge >= 0.3 is 0 Å². The molecule has 32 heavy (non-hydrogen) atoms. The second kappa shape index (κ2) is 9.60. The van der Waals surface area contributed by atoms with Crippen molar-refractivity contribution in [2.24, 2.45) is 0 Å². The lowest BCUT2D eigenvalue weighted by molar-refractivity contribution is -0.0346. The van der Waals surface area contributed by atoms with Crippen molar-refractivity contribution in [2.75, 3.05) is 17.8 Å². The van der Waals surface area contributed by atoms with Crippen molar-refractivity contribution in [3.63, 3.8) is 0 Å². The van der Waals surface area contributed by atoms with Crippen LogP contribution in [-0.2, 0) is 11.0 Å². The molecule has 3 aromatic rings. The number of benzene rings is 2. The molecule has 1 amide bonds. The summed E-state index contributed by atoms with van der Waals surface area (Å²) in [6.45, 7) is 0.639. The summed E-state index contributed by atoms with van der Waals surface area (Å²) in [5.74, 6) is -0.180. The summed E-state index contributed by atoms with van der Waals surface area (Å²) in [5, 5.41) is 10.4. The van der Waals surface area contributed by atoms with Crippen LogP contribution in [0.5, 0.6) is 0 Å². The summed E-state index contributed by atoms with van der Waals surface area (Å²) in [5.41, 5.74) is 2.36. The van der Waals surface area contributed by atoms with Gasteiger partial charge in [-0.25, -0.2) is 18.0 Å². The molecule has 6 nitrogen and oxygen atoms in total. The van der Waals surface area contributed by atoms with E-state index in [9.17, 15) is 22.9 Å². The van der Waals surface area contributed by atoms with E-state index in [1.54, 1.807) is 40.7 Å². The van der Waals surface area contributed by atoms with Gasteiger partial charge in [-0.05, 0) is 55.7 Å². The number of thiazole rings is 1. The van der Waals surface area contributed by atoms with Gasteiger partial charge in [-0.3, -0.25) is 4.79 Å². The van der Waals surface area contributed by atoms with Gasteiger partial charge in [-0.15, -0.1) is 11.3 Å². The molecule has 0 saturated carbocycles. The molecule has 2 N–H and O–H groups in total. The molecule has 1 saturated heterocycles. The highest BCUT2D eigenvalue weighted by Gasteiger charge is 2.34. The zero-order chi connectivity index (χ0) is 22.7. The van der Waals surface area contributed by atoms with Crippen LogP contribution in [0.1, 0.15) is 36.0 Å². The van der Waals surface area contributed by atoms with E-state index in [1.165, 1.54) is 11.3 Å². The number of hydrogen-bond acceptors (Lipinski definition) is 5. The highest BCUT2D eigenvalue weighted by atomic mass is 32.2. The summed E-state index contributed by atoms with van der Waals surface area (Å²) in [6.07, 6.45) is -2.16. The number of piperidine rings is 1. The summed E-state index contributed by atoms with van der Waals surface area (Å²) < 4.78 is 41.6. The average Bonchev–Trinajstić information content (AvgIpc) is 3.27. The molecule has 1 fully saturated rings. The second-order valence-electron chi connectivity index (χ2n) is 7.85. The fourth-order valence-electron chi connectivity index (χ4n) is 3.79. The quantitative estimate of drug-likeness (QED) is 0.525. The first-order valence-corrected chi connectivity index (χ1v) is 12.3. The number of carbonyl (C=O) groups is 1. The average molecular weight is 480 g/mol. The number of amides is 1. The topological polar surface area (TPSA) is 82.5 Å². The minimum absolute atomic E-state index is 0.0405. The molecule has 0 bridgehead atoms. The van der Waals surface area contributed by atoms with Gasteiger partial charge in [0.2, 0.25) is 6.43 Å². The molecule has 2 aromatic carbocycles. The number of aliphatic hydroxyl groups is 1. The number of halogens is 2. The number of para-hydroxylation sites is 1. The summed E-state index contributed by atoms with van der Waals surface area (Å²) in [6, 6.07) is 12.2. The maximum absolute atomic E-state index is 12.8. The third kappa shape index (κ3) is 5.13. The molecule has 4 rings (SSSR count). The minimum atomic E-state index is -2.44. The molecule has 1 unspecified atom stereocenters. The highest BCUT2D eigenvalue weighted by Crippen LogP contribution is 2.29. The van der Waals surface area contributed by atoms with E-state index in [1.807, 2.05) is 12.1 Å². The van der Waals surface area contributed by atoms with Crippen molar-refractivity contribution in [1.82, 2.24) is 9.88 Å². The van der Waals surface area contributed by atoms with Crippen LogP contribution in [0.15, 0.2) is 52.9 Å². The molecule has 0 aliphatic carbocycles. The Morgan fingerprint density at radius 3 is 2.62 bits per heavy atom. The first-order chi connectivity index (χ1) is 15.3. The van der Waals surface area contributed by atoms with Crippen LogP contribution >= 0.6 is 11.3 Å². The normalized spacial score (nSPS) is 16.9. The lowest BCUT2D eigenvalue weighted by Crippen LogP contribution is -2.46. The third-order valence-corrected chi connectivity index (χ3v) is 7.62. The molecule has 1 aromatic heterocycles. The van der Waals surface area contributed by atoms with E-state index in [0.717, 1.165) is 4.70 Å². The SMILES string of the molecule is O=C(c1ccc(NS(=O)c2cccc3scnc23)cc1)N1CCC(O)(CCC(F)F)CC1. The van der Waals surface area contributed by atoms with Crippen LogP contribution in [0.2, 0.25) is 0 Å². The minimum Gasteiger partial charge on any atom is -0.390 e. The molecule has 0 spiro atoms. The lowest BCUT2D eigenvalue weighted by Gasteiger charge is -2.38. The molecule has 0 radical (unpaired) electrons. The van der Waals surface area contributed by atoms with Gasteiger partial charge in [0.25, 0.3) is 5.91 Å². The van der Waals surface area contributed by atoms with Crippen molar-refractivity contribution in [3.8, 4) is 0 Å². The number of nitrogens with zero attached hydrogens (tertiary/aromatic N) is 2. The number of anilines is 1. The van der Waals surface area contributed by atoms with Gasteiger partial charge in [-0.1, -0.05) is 6.07 Å². The van der Waals surface area contributed by atoms with Crippen LogP contribution in [0, 0.1) is 0 Å². The maximum atomic E-state index is 12.8. The Kier molecular flexibility index (Phi) is 6.82. The second-order valence-corrected chi connectivity index (χ2v) is 9.92. The molecular formula is C22H23F2N3O3S2. The van der Waals surface area contributed by atoms with Gasteiger partial charge < -0.3 is 14.7 Å². The lowest BCUT2D eigenvalue weighted by atomic mass is 9.87. The maximum Gasteiger partial charge on any atom is 0.253 e. The number of aromatic nitrogens is 1. The number of fused-ring (bicyclic) bond motifs is 1. The molecule has 1 aliphatic heterocycles. The fourth-order valence-corrected chi connectivity index (χ4v) is 5.56. The van der Waals surface area contributed by atoms with Gasteiger partial charge in [0.1, 0.15) is 0 Å². The van der Waals surface area contributed by atoms with Crippen molar-refractivity contribution < 1.29 is 22.9 Å². The van der Waals surface area contributed by atoms with E-state index >= 15 is 0 Å². The van der Waals surface area contributed by atoms with E-state index in [-0.39, 0.29) is 31.6 Å². The number of hydrogen-bond donors (Lipinski definition) is 2. The Morgan fingerprint density at radius 1 is 1.22 bits per heavy atom. The third-order valence-electron chi connectivity index (χ3n) is 5.67. The number of rotatable bonds is 7. The van der Waals surface area contributed by atoms with Gasteiger partial charge in [-0.2, -0.15) is 0 Å². The fraction of sp³-hybridized carbons (Fsp3) is 0.364. The zero-order valence-electron chi connectivity index (χ0n) is 17.2. The Morgan fingerprint density at radius 2 is 1.94 bits per heavy atom. The summed E-state index contributed by atoms with van der Waals surface area (Å²) in [4.78, 5) is 19.3. The Bertz CT molecular complexity index is 1110. The Labute approximate surface area is 190 Å². The predicted octanol–water partition coefficient (Wildman–Crippen LogP) is 4.44. The summed E-state index contributed by atoms with van der Waals surface area (Å²) >= 11 is 1.48. The monoisotopic (exact) mass is 479 g/mol. The molecule has 2 heterocycles. The largest absolute Gasteiger partial charge is 0.390 e. The first-order valence-electron chi connectivity index (χ1n) is 10.3. The number of carbonyl (C=O) groups excluding carboxylic acids is 1. The van der Waals surface area contributed by atoms with E-state index in [4.69, 9.17) is 0 Å². The van der Waals surface area contributed by atoms with Crippen LogP contribution < -0.4 is 4.72 Å². The van der Waals surface area contributed by atoms with E-state index in [0.29, 0.717) is 34.8 Å². The highest BCUT2D eigenvalue weighted by molar-refractivity contribution is 7.86. The standard InChI is InChI=1S/C22H23F2N3O3S2/c23-19(24)8-9-22(29)10-12-27(13-11-22)21(28)15-4-6-16(7-5-15)26-32(30)18-3-1-2-17-20(18)25-14-31-17/h1-7,14,19,26,29H,8-13H2. The van der Waals surface area contributed by atoms with Gasteiger partial charge in [0, 0.05) is 30.8 Å². The molecule has 1 atom stereocenters. The molecule has 1 aliphatic rings. The Hall–Kier alpha value is -2.43. The Balaban J connectivity index is 1.36. The van der Waals surface area contributed by atoms with Crippen LogP contribution in [0.4, 0.5) is 14.5 Å². The van der Waals surface area contributed by atoms with Crippen LogP contribution in [0.25, 0.3) is 10.2 Å². The predicted molar refractivity (Wildman–Crippen MR) is 121 cm³/mol. The van der Waals surface area contributed by atoms with Crippen molar-refractivity contribution in [3.05, 3.63) is 53.5 Å². The number of alkyl halides is 2. The van der Waals surface area contributed by atoms with Crippen LogP contribution in [-0.4, -0.2) is 50.2 Å². The smallest absolute Gasteiger partial charge is 0.253 e. The molecular weight excluding hydrogens is 456 g/mol. The van der Waals surface area contributed by atoms with Crippen LogP contribution in [0.3, 0.4) is 0 Å². The van der Waals surface area contributed by atoms with E-state index < -0.39 is 23.0 Å². The zero-order valence-corrected chi connectivity index (χ0v) is 18.8. The van der Waals surface area contributed by atoms with Gasteiger partial charge in [0.15, 0.2) is 11.0 Å². The number of nitrogens with one attached hydrogen (secondary N) is 1. The summed E-state index contributed by atoms with van der Waals surface area (Å²) in [7, 11) is -1.51. The molecule has 170 valence electrons. The molecule has 10 heteroatoms. The van der Waals surface area contributed by atoms with Crippen molar-refractivity contribution >= 4 is 44.1 Å². The number of likely N-dealkylation sites (tertiary alicyclic amines) is 1. The van der Waals surface area contributed by atoms with Crippen molar-refractivity contribution in [1.29, 1.82) is 0 Å².